The number of hydrogen-bond donors (Lipinski definition) is 1. The molecule has 9 nitrogen and oxygen atoms in total. The standard InChI is InChI=1S/C25H28ClN5O4/c1-25(2,3)35-24(32)30-9-8-16(14-30)31-22-19(26)13-28-23(27)21(22)20(29-31)7-6-15-10-17(33-4)12-18(11-15)34-5/h10-13,16H,8-9,14H2,1-5H3,(H2,27,28). The molecule has 0 aliphatic carbocycles. The van der Waals surface area contributed by atoms with Crippen LogP contribution in [-0.4, -0.2) is 58.7 Å². The van der Waals surface area contributed by atoms with E-state index in [0.717, 1.165) is 0 Å². The molecule has 2 N–H and O–H groups in total. The number of rotatable bonds is 3. The van der Waals surface area contributed by atoms with Crippen molar-refractivity contribution in [3.63, 3.8) is 0 Å². The third kappa shape index (κ3) is 5.23. The van der Waals surface area contributed by atoms with Crippen LogP contribution in [0.25, 0.3) is 10.9 Å². The average Bonchev–Trinajstić information content (AvgIpc) is 3.44. The average molecular weight is 498 g/mol. The van der Waals surface area contributed by atoms with Crippen LogP contribution in [0, 0.1) is 11.8 Å². The Morgan fingerprint density at radius 1 is 1.17 bits per heavy atom. The molecule has 1 fully saturated rings. The van der Waals surface area contributed by atoms with Crippen LogP contribution in [0.4, 0.5) is 10.6 Å². The first-order valence-corrected chi connectivity index (χ1v) is 11.5. The van der Waals surface area contributed by atoms with Gasteiger partial charge in [0.05, 0.1) is 42.4 Å². The summed E-state index contributed by atoms with van der Waals surface area (Å²) in [6, 6.07) is 5.27. The number of nitrogens with two attached hydrogens (primary N) is 1. The van der Waals surface area contributed by atoms with Crippen molar-refractivity contribution in [2.24, 2.45) is 0 Å². The Morgan fingerprint density at radius 3 is 2.49 bits per heavy atom. The first kappa shape index (κ1) is 24.5. The molecule has 0 spiro atoms. The maximum absolute atomic E-state index is 12.6. The molecule has 1 atom stereocenters. The van der Waals surface area contributed by atoms with Crippen LogP contribution in [0.1, 0.15) is 44.5 Å². The molecule has 3 heterocycles. The van der Waals surface area contributed by atoms with Gasteiger partial charge in [0.25, 0.3) is 0 Å². The van der Waals surface area contributed by atoms with Crippen LogP contribution in [0.15, 0.2) is 24.4 Å². The van der Waals surface area contributed by atoms with Gasteiger partial charge in [-0.25, -0.2) is 9.78 Å². The molecular formula is C25H28ClN5O4. The van der Waals surface area contributed by atoms with Crippen LogP contribution in [0.3, 0.4) is 0 Å². The van der Waals surface area contributed by atoms with Crippen molar-refractivity contribution in [2.75, 3.05) is 33.0 Å². The van der Waals surface area contributed by atoms with E-state index >= 15 is 0 Å². The summed E-state index contributed by atoms with van der Waals surface area (Å²) in [6.07, 6.45) is 1.84. The van der Waals surface area contributed by atoms with E-state index in [1.54, 1.807) is 42.0 Å². The van der Waals surface area contributed by atoms with Crippen LogP contribution in [0.2, 0.25) is 5.02 Å². The first-order chi connectivity index (χ1) is 16.6. The van der Waals surface area contributed by atoms with Crippen molar-refractivity contribution in [2.45, 2.75) is 38.8 Å². The largest absolute Gasteiger partial charge is 0.497 e. The Kier molecular flexibility index (Phi) is 6.68. The summed E-state index contributed by atoms with van der Waals surface area (Å²) in [6.45, 7) is 6.52. The van der Waals surface area contributed by atoms with Gasteiger partial charge in [0, 0.05) is 24.7 Å². The second kappa shape index (κ2) is 9.55. The number of anilines is 1. The Labute approximate surface area is 209 Å². The van der Waals surface area contributed by atoms with E-state index in [4.69, 9.17) is 36.6 Å². The molecule has 4 rings (SSSR count). The predicted molar refractivity (Wildman–Crippen MR) is 134 cm³/mol. The lowest BCUT2D eigenvalue weighted by atomic mass is 10.1. The number of ether oxygens (including phenoxy) is 3. The Hall–Kier alpha value is -3.64. The lowest BCUT2D eigenvalue weighted by Gasteiger charge is -2.24. The Balaban J connectivity index is 1.72. The fourth-order valence-electron chi connectivity index (χ4n) is 3.95. The maximum atomic E-state index is 12.6. The molecular weight excluding hydrogens is 470 g/mol. The van der Waals surface area contributed by atoms with E-state index in [2.05, 4.69) is 16.8 Å². The number of nitrogens with zero attached hydrogens (tertiary/aromatic N) is 4. The van der Waals surface area contributed by atoms with Crippen molar-refractivity contribution in [1.29, 1.82) is 0 Å². The number of amides is 1. The first-order valence-electron chi connectivity index (χ1n) is 11.1. The lowest BCUT2D eigenvalue weighted by molar-refractivity contribution is 0.0288. The van der Waals surface area contributed by atoms with Gasteiger partial charge in [0.2, 0.25) is 0 Å². The summed E-state index contributed by atoms with van der Waals surface area (Å²) in [4.78, 5) is 18.4. The molecule has 1 unspecified atom stereocenters. The maximum Gasteiger partial charge on any atom is 0.410 e. The Morgan fingerprint density at radius 2 is 1.86 bits per heavy atom. The number of methoxy groups -OCH3 is 2. The van der Waals surface area contributed by atoms with Gasteiger partial charge in [-0.05, 0) is 45.2 Å². The van der Waals surface area contributed by atoms with Crippen LogP contribution >= 0.6 is 11.6 Å². The zero-order chi connectivity index (χ0) is 25.3. The van der Waals surface area contributed by atoms with Gasteiger partial charge in [-0.2, -0.15) is 5.10 Å². The predicted octanol–water partition coefficient (Wildman–Crippen LogP) is 4.27. The summed E-state index contributed by atoms with van der Waals surface area (Å²) < 4.78 is 18.0. The smallest absolute Gasteiger partial charge is 0.410 e. The molecule has 35 heavy (non-hydrogen) atoms. The summed E-state index contributed by atoms with van der Waals surface area (Å²) in [5.74, 6) is 7.75. The molecule has 1 aliphatic rings. The highest BCUT2D eigenvalue weighted by molar-refractivity contribution is 6.35. The second-order valence-corrected chi connectivity index (χ2v) is 9.64. The van der Waals surface area contributed by atoms with Crippen molar-refractivity contribution >= 4 is 34.4 Å². The molecule has 0 radical (unpaired) electrons. The molecule has 184 valence electrons. The number of halogens is 1. The zero-order valence-electron chi connectivity index (χ0n) is 20.4. The van der Waals surface area contributed by atoms with Crippen molar-refractivity contribution in [3.05, 3.63) is 40.7 Å². The van der Waals surface area contributed by atoms with Gasteiger partial charge in [-0.1, -0.05) is 17.5 Å². The number of benzene rings is 1. The fraction of sp³-hybridized carbons (Fsp3) is 0.400. The fourth-order valence-corrected chi connectivity index (χ4v) is 4.18. The highest BCUT2D eigenvalue weighted by Crippen LogP contribution is 2.34. The third-order valence-electron chi connectivity index (χ3n) is 5.55. The van der Waals surface area contributed by atoms with Crippen molar-refractivity contribution in [1.82, 2.24) is 19.7 Å². The molecule has 3 aromatic rings. The van der Waals surface area contributed by atoms with Gasteiger partial charge < -0.3 is 24.8 Å². The second-order valence-electron chi connectivity index (χ2n) is 9.23. The minimum Gasteiger partial charge on any atom is -0.497 e. The normalized spacial score (nSPS) is 15.6. The van der Waals surface area contributed by atoms with E-state index in [1.165, 1.54) is 6.20 Å². The van der Waals surface area contributed by atoms with Gasteiger partial charge in [0.15, 0.2) is 0 Å². The SMILES string of the molecule is COc1cc(C#Cc2nn(C3CCN(C(=O)OC(C)(C)C)C3)c3c(Cl)cnc(N)c23)cc(OC)c1. The quantitative estimate of drug-likeness (QED) is 0.539. The van der Waals surface area contributed by atoms with Crippen molar-refractivity contribution in [3.8, 4) is 23.3 Å². The van der Waals surface area contributed by atoms with E-state index < -0.39 is 5.60 Å². The number of hydrogen-bond acceptors (Lipinski definition) is 7. The van der Waals surface area contributed by atoms with Crippen LogP contribution < -0.4 is 15.2 Å². The number of pyridine rings is 1. The van der Waals surface area contributed by atoms with Crippen LogP contribution in [-0.2, 0) is 4.74 Å². The molecule has 2 aromatic heterocycles. The van der Waals surface area contributed by atoms with Crippen molar-refractivity contribution < 1.29 is 19.0 Å². The minimum atomic E-state index is -0.567. The molecule has 1 aromatic carbocycles. The van der Waals surface area contributed by atoms with E-state index in [9.17, 15) is 4.79 Å². The summed E-state index contributed by atoms with van der Waals surface area (Å²) in [5, 5.41) is 5.75. The number of carbonyl (C=O) groups is 1. The van der Waals surface area contributed by atoms with Gasteiger partial charge in [-0.3, -0.25) is 4.68 Å². The molecule has 1 saturated heterocycles. The highest BCUT2D eigenvalue weighted by Gasteiger charge is 2.33. The van der Waals surface area contributed by atoms with Gasteiger partial charge >= 0.3 is 6.09 Å². The highest BCUT2D eigenvalue weighted by atomic mass is 35.5. The molecule has 1 amide bonds. The number of carbonyl (C=O) groups excluding carboxylic acids is 1. The van der Waals surface area contributed by atoms with E-state index in [1.807, 2.05) is 20.8 Å². The van der Waals surface area contributed by atoms with Gasteiger partial charge in [0.1, 0.15) is 28.6 Å². The minimum absolute atomic E-state index is 0.114. The van der Waals surface area contributed by atoms with E-state index in [-0.39, 0.29) is 18.0 Å². The summed E-state index contributed by atoms with van der Waals surface area (Å²) >= 11 is 6.54. The molecule has 1 aliphatic heterocycles. The number of fused-ring (bicyclic) bond motifs is 1. The molecule has 0 bridgehead atoms. The monoisotopic (exact) mass is 497 g/mol. The number of likely N-dealkylation sites (tertiary alicyclic amines) is 1. The van der Waals surface area contributed by atoms with E-state index in [0.29, 0.717) is 58.2 Å². The lowest BCUT2D eigenvalue weighted by Crippen LogP contribution is -2.35. The number of nitrogen functional groups attached to an aromatic ring is 1. The number of aromatic nitrogens is 3. The third-order valence-corrected chi connectivity index (χ3v) is 5.82. The zero-order valence-corrected chi connectivity index (χ0v) is 21.1. The summed E-state index contributed by atoms with van der Waals surface area (Å²) in [7, 11) is 3.16. The molecule has 0 saturated carbocycles. The topological polar surface area (TPSA) is 105 Å². The van der Waals surface area contributed by atoms with Gasteiger partial charge in [-0.15, -0.1) is 0 Å². The summed E-state index contributed by atoms with van der Waals surface area (Å²) in [5.41, 5.74) is 7.44. The Bertz CT molecular complexity index is 1310. The molecule has 10 heteroatoms. The van der Waals surface area contributed by atoms with Crippen LogP contribution in [0.5, 0.6) is 11.5 Å².